The molecule has 5 nitrogen and oxygen atoms in total. The molecule has 0 aromatic carbocycles. The van der Waals surface area contributed by atoms with Gasteiger partial charge in [0.1, 0.15) is 5.82 Å². The van der Waals surface area contributed by atoms with E-state index in [1.807, 2.05) is 0 Å². The van der Waals surface area contributed by atoms with Crippen molar-refractivity contribution in [2.45, 2.75) is 25.6 Å². The highest BCUT2D eigenvalue weighted by Crippen LogP contribution is 2.30. The first-order chi connectivity index (χ1) is 8.99. The van der Waals surface area contributed by atoms with Crippen molar-refractivity contribution >= 4 is 11.8 Å². The molecular formula is C11H15F3N4O. The summed E-state index contributed by atoms with van der Waals surface area (Å²) in [6.45, 7) is 3.30. The highest BCUT2D eigenvalue weighted by molar-refractivity contribution is 5.44. The predicted octanol–water partition coefficient (Wildman–Crippen LogP) is 2.13. The van der Waals surface area contributed by atoms with Gasteiger partial charge in [0.15, 0.2) is 5.69 Å². The van der Waals surface area contributed by atoms with Crippen molar-refractivity contribution in [2.75, 3.05) is 30.4 Å². The number of aromatic nitrogens is 2. The zero-order valence-electron chi connectivity index (χ0n) is 10.4. The molecule has 2 rings (SSSR count). The predicted molar refractivity (Wildman–Crippen MR) is 64.0 cm³/mol. The summed E-state index contributed by atoms with van der Waals surface area (Å²) >= 11 is 0. The Hall–Kier alpha value is -1.57. The van der Waals surface area contributed by atoms with Crippen molar-refractivity contribution in [1.29, 1.82) is 0 Å². The smallest absolute Gasteiger partial charge is 0.379 e. The fourth-order valence-electron chi connectivity index (χ4n) is 1.76. The minimum Gasteiger partial charge on any atom is -0.379 e. The summed E-state index contributed by atoms with van der Waals surface area (Å²) in [5, 5.41) is 5.63. The van der Waals surface area contributed by atoms with Crippen molar-refractivity contribution in [3.05, 3.63) is 11.8 Å². The number of hydrogen-bond acceptors (Lipinski definition) is 5. The zero-order valence-corrected chi connectivity index (χ0v) is 10.4. The maximum Gasteiger partial charge on any atom is 0.433 e. The van der Waals surface area contributed by atoms with Crippen LogP contribution >= 0.6 is 0 Å². The van der Waals surface area contributed by atoms with Gasteiger partial charge in [-0.2, -0.15) is 18.2 Å². The zero-order chi connectivity index (χ0) is 13.9. The number of hydrogen-bond donors (Lipinski definition) is 2. The number of ether oxygens (including phenoxy) is 1. The molecule has 1 aromatic rings. The summed E-state index contributed by atoms with van der Waals surface area (Å²) in [5.74, 6) is 0.132. The largest absolute Gasteiger partial charge is 0.433 e. The second-order valence-electron chi connectivity index (χ2n) is 4.19. The third kappa shape index (κ3) is 3.69. The Bertz CT molecular complexity index is 432. The van der Waals surface area contributed by atoms with E-state index in [2.05, 4.69) is 20.6 Å². The molecule has 0 amide bonds. The number of rotatable bonds is 4. The van der Waals surface area contributed by atoms with E-state index in [0.29, 0.717) is 19.8 Å². The van der Waals surface area contributed by atoms with Crippen molar-refractivity contribution < 1.29 is 17.9 Å². The summed E-state index contributed by atoms with van der Waals surface area (Å²) in [4.78, 5) is 7.46. The van der Waals surface area contributed by atoms with Gasteiger partial charge in [-0.05, 0) is 13.3 Å². The molecule has 2 N–H and O–H groups in total. The highest BCUT2D eigenvalue weighted by atomic mass is 19.4. The quantitative estimate of drug-likeness (QED) is 0.882. The van der Waals surface area contributed by atoms with E-state index in [-0.39, 0.29) is 17.8 Å². The average molecular weight is 276 g/mol. The van der Waals surface area contributed by atoms with Gasteiger partial charge in [0, 0.05) is 19.2 Å². The van der Waals surface area contributed by atoms with Crippen LogP contribution in [0.25, 0.3) is 0 Å². The van der Waals surface area contributed by atoms with Crippen molar-refractivity contribution in [1.82, 2.24) is 9.97 Å². The minimum absolute atomic E-state index is 0.00883. The van der Waals surface area contributed by atoms with Crippen LogP contribution in [0.1, 0.15) is 19.0 Å². The summed E-state index contributed by atoms with van der Waals surface area (Å²) in [6, 6.07) is 0.907. The first-order valence-electron chi connectivity index (χ1n) is 6.03. The third-order valence-corrected chi connectivity index (χ3v) is 2.63. The maximum absolute atomic E-state index is 12.7. The topological polar surface area (TPSA) is 59.1 Å². The van der Waals surface area contributed by atoms with E-state index >= 15 is 0 Å². The third-order valence-electron chi connectivity index (χ3n) is 2.63. The molecule has 1 fully saturated rings. The van der Waals surface area contributed by atoms with E-state index in [0.717, 1.165) is 12.5 Å². The number of nitrogens with one attached hydrogen (secondary N) is 2. The second-order valence-corrected chi connectivity index (χ2v) is 4.19. The van der Waals surface area contributed by atoms with Crippen molar-refractivity contribution in [2.24, 2.45) is 0 Å². The van der Waals surface area contributed by atoms with Crippen LogP contribution in [0.2, 0.25) is 0 Å². The van der Waals surface area contributed by atoms with E-state index in [1.54, 1.807) is 6.92 Å². The Labute approximate surface area is 108 Å². The molecule has 19 heavy (non-hydrogen) atoms. The van der Waals surface area contributed by atoms with E-state index in [4.69, 9.17) is 4.74 Å². The SMILES string of the molecule is CCNc1nc(NC2CCOC2)cc(C(F)(F)F)n1. The maximum atomic E-state index is 12.7. The molecule has 0 radical (unpaired) electrons. The molecular weight excluding hydrogens is 261 g/mol. The molecule has 106 valence electrons. The van der Waals surface area contributed by atoms with Gasteiger partial charge >= 0.3 is 6.18 Å². The van der Waals surface area contributed by atoms with Crippen LogP contribution < -0.4 is 10.6 Å². The fraction of sp³-hybridized carbons (Fsp3) is 0.636. The summed E-state index contributed by atoms with van der Waals surface area (Å²) in [6.07, 6.45) is -3.74. The molecule has 1 atom stereocenters. The molecule has 1 aliphatic rings. The van der Waals surface area contributed by atoms with Gasteiger partial charge < -0.3 is 15.4 Å². The lowest BCUT2D eigenvalue weighted by Crippen LogP contribution is -2.21. The van der Waals surface area contributed by atoms with Crippen LogP contribution in [-0.2, 0) is 10.9 Å². The van der Waals surface area contributed by atoms with Gasteiger partial charge in [-0.3, -0.25) is 0 Å². The lowest BCUT2D eigenvalue weighted by Gasteiger charge is -2.14. The van der Waals surface area contributed by atoms with Gasteiger partial charge in [-0.1, -0.05) is 0 Å². The molecule has 0 spiro atoms. The molecule has 2 heterocycles. The van der Waals surface area contributed by atoms with E-state index in [1.165, 1.54) is 0 Å². The lowest BCUT2D eigenvalue weighted by atomic mass is 10.2. The Kier molecular flexibility index (Phi) is 4.08. The summed E-state index contributed by atoms with van der Waals surface area (Å²) in [7, 11) is 0. The molecule has 0 bridgehead atoms. The lowest BCUT2D eigenvalue weighted by molar-refractivity contribution is -0.141. The van der Waals surface area contributed by atoms with E-state index in [9.17, 15) is 13.2 Å². The average Bonchev–Trinajstić information content (AvgIpc) is 2.81. The van der Waals surface area contributed by atoms with Crippen LogP contribution in [0.3, 0.4) is 0 Å². The highest BCUT2D eigenvalue weighted by Gasteiger charge is 2.34. The number of nitrogens with zero attached hydrogens (tertiary/aromatic N) is 2. The van der Waals surface area contributed by atoms with Gasteiger partial charge in [-0.15, -0.1) is 0 Å². The van der Waals surface area contributed by atoms with Crippen LogP contribution in [0.5, 0.6) is 0 Å². The summed E-state index contributed by atoms with van der Waals surface area (Å²) in [5.41, 5.74) is -0.958. The normalized spacial score (nSPS) is 19.5. The Morgan fingerprint density at radius 3 is 2.79 bits per heavy atom. The Morgan fingerprint density at radius 1 is 1.42 bits per heavy atom. The minimum atomic E-state index is -4.49. The van der Waals surface area contributed by atoms with Crippen LogP contribution in [-0.4, -0.2) is 35.8 Å². The fourth-order valence-corrected chi connectivity index (χ4v) is 1.76. The first-order valence-corrected chi connectivity index (χ1v) is 6.03. The van der Waals surface area contributed by atoms with Crippen LogP contribution in [0.4, 0.5) is 24.9 Å². The van der Waals surface area contributed by atoms with Gasteiger partial charge in [-0.25, -0.2) is 4.98 Å². The molecule has 0 aliphatic carbocycles. The number of halogens is 3. The molecule has 1 aliphatic heterocycles. The standard InChI is InChI=1S/C11H15F3N4O/c1-2-15-10-17-8(11(12,13)14)5-9(18-10)16-7-3-4-19-6-7/h5,7H,2-4,6H2,1H3,(H2,15,16,17,18). The van der Waals surface area contributed by atoms with Crippen LogP contribution in [0, 0.1) is 0 Å². The van der Waals surface area contributed by atoms with Gasteiger partial charge in [0.25, 0.3) is 0 Å². The van der Waals surface area contributed by atoms with Crippen molar-refractivity contribution in [3.63, 3.8) is 0 Å². The van der Waals surface area contributed by atoms with Crippen LogP contribution in [0.15, 0.2) is 6.07 Å². The molecule has 1 saturated heterocycles. The van der Waals surface area contributed by atoms with Crippen molar-refractivity contribution in [3.8, 4) is 0 Å². The monoisotopic (exact) mass is 276 g/mol. The molecule has 1 unspecified atom stereocenters. The van der Waals surface area contributed by atoms with E-state index < -0.39 is 11.9 Å². The Morgan fingerprint density at radius 2 is 2.21 bits per heavy atom. The first kappa shape index (κ1) is 13.9. The van der Waals surface area contributed by atoms with Gasteiger partial charge in [0.05, 0.1) is 12.6 Å². The number of alkyl halides is 3. The number of anilines is 2. The molecule has 1 aromatic heterocycles. The Balaban J connectivity index is 2.22. The van der Waals surface area contributed by atoms with Gasteiger partial charge in [0.2, 0.25) is 5.95 Å². The molecule has 8 heteroatoms. The second kappa shape index (κ2) is 5.60. The summed E-state index contributed by atoms with van der Waals surface area (Å²) < 4.78 is 43.4. The molecule has 0 saturated carbocycles.